The minimum absolute atomic E-state index is 0.130. The largest absolute Gasteiger partial charge is 0.459 e. The Morgan fingerprint density at radius 2 is 1.88 bits per heavy atom. The molecule has 0 radical (unpaired) electrons. The first-order valence-corrected chi connectivity index (χ1v) is 5.52. The van der Waals surface area contributed by atoms with E-state index in [-0.39, 0.29) is 12.1 Å². The number of carbonyl (C=O) groups is 1. The van der Waals surface area contributed by atoms with Crippen molar-refractivity contribution in [3.8, 4) is 0 Å². The van der Waals surface area contributed by atoms with Gasteiger partial charge in [0.15, 0.2) is 0 Å². The van der Waals surface area contributed by atoms with Gasteiger partial charge in [-0.3, -0.25) is 0 Å². The number of nitrogen functional groups attached to an aromatic ring is 1. The topological polar surface area (TPSA) is 52.3 Å². The fraction of sp³-hybridized carbons (Fsp3) is 0.462. The van der Waals surface area contributed by atoms with E-state index in [9.17, 15) is 4.79 Å². The number of esters is 1. The summed E-state index contributed by atoms with van der Waals surface area (Å²) in [5, 5.41) is 0. The molecule has 0 unspecified atom stereocenters. The summed E-state index contributed by atoms with van der Waals surface area (Å²) in [7, 11) is 0. The molecular weight excluding hydrogens is 202 g/mol. The number of ether oxygens (including phenoxy) is 1. The fourth-order valence-electron chi connectivity index (χ4n) is 1.39. The highest BCUT2D eigenvalue weighted by molar-refractivity contribution is 5.95. The molecule has 1 aromatic rings. The van der Waals surface area contributed by atoms with Gasteiger partial charge in [0.2, 0.25) is 0 Å². The lowest BCUT2D eigenvalue weighted by atomic mass is 10.00. The van der Waals surface area contributed by atoms with Crippen molar-refractivity contribution in [3.05, 3.63) is 29.3 Å². The Balaban J connectivity index is 3.02. The molecule has 0 aliphatic rings. The number of anilines is 1. The summed E-state index contributed by atoms with van der Waals surface area (Å²) >= 11 is 0. The van der Waals surface area contributed by atoms with Gasteiger partial charge in [0.1, 0.15) is 0 Å². The maximum atomic E-state index is 11.7. The molecule has 0 aliphatic heterocycles. The average molecular weight is 221 g/mol. The maximum Gasteiger partial charge on any atom is 0.340 e. The average Bonchev–Trinajstić information content (AvgIpc) is 2.16. The minimum atomic E-state index is -0.352. The Morgan fingerprint density at radius 1 is 1.25 bits per heavy atom. The van der Waals surface area contributed by atoms with Crippen LogP contribution in [0.15, 0.2) is 18.2 Å². The van der Waals surface area contributed by atoms with Crippen LogP contribution in [0.1, 0.15) is 49.5 Å². The van der Waals surface area contributed by atoms with E-state index >= 15 is 0 Å². The van der Waals surface area contributed by atoms with E-state index in [1.807, 2.05) is 26.0 Å². The van der Waals surface area contributed by atoms with E-state index in [4.69, 9.17) is 10.5 Å². The lowest BCUT2D eigenvalue weighted by Gasteiger charge is -2.12. The highest BCUT2D eigenvalue weighted by atomic mass is 16.5. The predicted octanol–water partition coefficient (Wildman–Crippen LogP) is 2.96. The Kier molecular flexibility index (Phi) is 3.93. The van der Waals surface area contributed by atoms with Crippen LogP contribution in [0.5, 0.6) is 0 Å². The molecule has 0 bridgehead atoms. The van der Waals surface area contributed by atoms with Crippen molar-refractivity contribution in [1.82, 2.24) is 0 Å². The van der Waals surface area contributed by atoms with Crippen molar-refractivity contribution in [2.75, 3.05) is 5.73 Å². The van der Waals surface area contributed by atoms with Crippen LogP contribution in [0.3, 0.4) is 0 Å². The van der Waals surface area contributed by atoms with Crippen LogP contribution in [-0.4, -0.2) is 12.1 Å². The highest BCUT2D eigenvalue weighted by Crippen LogP contribution is 2.21. The quantitative estimate of drug-likeness (QED) is 0.630. The van der Waals surface area contributed by atoms with Crippen molar-refractivity contribution in [2.24, 2.45) is 0 Å². The SMILES string of the molecule is CC(C)OC(=O)c1cc(C(C)C)ccc1N. The van der Waals surface area contributed by atoms with Crippen LogP contribution in [0, 0.1) is 0 Å². The Labute approximate surface area is 96.6 Å². The molecule has 0 aromatic heterocycles. The van der Waals surface area contributed by atoms with E-state index in [0.717, 1.165) is 5.56 Å². The summed E-state index contributed by atoms with van der Waals surface area (Å²) in [6, 6.07) is 5.50. The molecule has 88 valence electrons. The second-order valence-electron chi connectivity index (χ2n) is 4.46. The van der Waals surface area contributed by atoms with E-state index in [1.165, 1.54) is 0 Å². The molecule has 3 nitrogen and oxygen atoms in total. The van der Waals surface area contributed by atoms with Crippen LogP contribution in [-0.2, 0) is 4.74 Å². The molecule has 1 aromatic carbocycles. The molecule has 2 N–H and O–H groups in total. The maximum absolute atomic E-state index is 11.7. The van der Waals surface area contributed by atoms with Gasteiger partial charge in [0, 0.05) is 5.69 Å². The van der Waals surface area contributed by atoms with Gasteiger partial charge in [-0.05, 0) is 37.5 Å². The predicted molar refractivity (Wildman–Crippen MR) is 65.5 cm³/mol. The minimum Gasteiger partial charge on any atom is -0.459 e. The first-order chi connectivity index (χ1) is 7.41. The van der Waals surface area contributed by atoms with E-state index in [0.29, 0.717) is 17.2 Å². The van der Waals surface area contributed by atoms with Crippen LogP contribution in [0.4, 0.5) is 5.69 Å². The summed E-state index contributed by atoms with van der Waals surface area (Å²) < 4.78 is 5.13. The molecule has 0 spiro atoms. The summed E-state index contributed by atoms with van der Waals surface area (Å²) in [5.41, 5.74) is 7.78. The van der Waals surface area contributed by atoms with Gasteiger partial charge in [0.25, 0.3) is 0 Å². The van der Waals surface area contributed by atoms with Crippen LogP contribution >= 0.6 is 0 Å². The number of carbonyl (C=O) groups excluding carboxylic acids is 1. The fourth-order valence-corrected chi connectivity index (χ4v) is 1.39. The third-order valence-electron chi connectivity index (χ3n) is 2.31. The molecule has 0 aliphatic carbocycles. The molecular formula is C13H19NO2. The third-order valence-corrected chi connectivity index (χ3v) is 2.31. The second kappa shape index (κ2) is 5.01. The molecule has 0 saturated heterocycles. The Bertz CT molecular complexity index is 384. The van der Waals surface area contributed by atoms with Gasteiger partial charge >= 0.3 is 5.97 Å². The van der Waals surface area contributed by atoms with E-state index < -0.39 is 0 Å². The van der Waals surface area contributed by atoms with E-state index in [1.54, 1.807) is 6.07 Å². The van der Waals surface area contributed by atoms with Gasteiger partial charge in [-0.2, -0.15) is 0 Å². The number of hydrogen-bond donors (Lipinski definition) is 1. The molecule has 0 fully saturated rings. The standard InChI is InChI=1S/C13H19NO2/c1-8(2)10-5-6-12(14)11(7-10)13(15)16-9(3)4/h5-9H,14H2,1-4H3. The normalized spacial score (nSPS) is 10.9. The first-order valence-electron chi connectivity index (χ1n) is 5.52. The summed E-state index contributed by atoms with van der Waals surface area (Å²) in [6.07, 6.45) is -0.130. The molecule has 1 rings (SSSR count). The lowest BCUT2D eigenvalue weighted by Crippen LogP contribution is -2.13. The Morgan fingerprint density at radius 3 is 2.38 bits per heavy atom. The molecule has 0 saturated carbocycles. The number of hydrogen-bond acceptors (Lipinski definition) is 3. The van der Waals surface area contributed by atoms with Crippen molar-refractivity contribution < 1.29 is 9.53 Å². The van der Waals surface area contributed by atoms with Crippen molar-refractivity contribution in [1.29, 1.82) is 0 Å². The zero-order chi connectivity index (χ0) is 12.3. The zero-order valence-electron chi connectivity index (χ0n) is 10.3. The van der Waals surface area contributed by atoms with Crippen molar-refractivity contribution >= 4 is 11.7 Å². The zero-order valence-corrected chi connectivity index (χ0v) is 10.3. The van der Waals surface area contributed by atoms with Crippen LogP contribution in [0.25, 0.3) is 0 Å². The lowest BCUT2D eigenvalue weighted by molar-refractivity contribution is 0.0379. The van der Waals surface area contributed by atoms with Crippen molar-refractivity contribution in [2.45, 2.75) is 39.7 Å². The number of benzene rings is 1. The monoisotopic (exact) mass is 221 g/mol. The Hall–Kier alpha value is -1.51. The van der Waals surface area contributed by atoms with Gasteiger partial charge in [-0.15, -0.1) is 0 Å². The molecule has 0 heterocycles. The summed E-state index contributed by atoms with van der Waals surface area (Å²) in [5.74, 6) is 0.0150. The van der Waals surface area contributed by atoms with Crippen LogP contribution < -0.4 is 5.73 Å². The number of nitrogens with two attached hydrogens (primary N) is 1. The smallest absolute Gasteiger partial charge is 0.340 e. The highest BCUT2D eigenvalue weighted by Gasteiger charge is 2.14. The van der Waals surface area contributed by atoms with Gasteiger partial charge in [-0.25, -0.2) is 4.79 Å². The van der Waals surface area contributed by atoms with Gasteiger partial charge in [-0.1, -0.05) is 19.9 Å². The number of rotatable bonds is 3. The molecule has 0 atom stereocenters. The van der Waals surface area contributed by atoms with Gasteiger partial charge in [0.05, 0.1) is 11.7 Å². The molecule has 16 heavy (non-hydrogen) atoms. The third kappa shape index (κ3) is 2.99. The van der Waals surface area contributed by atoms with E-state index in [2.05, 4.69) is 13.8 Å². The van der Waals surface area contributed by atoms with Gasteiger partial charge < -0.3 is 10.5 Å². The van der Waals surface area contributed by atoms with Crippen LogP contribution in [0.2, 0.25) is 0 Å². The summed E-state index contributed by atoms with van der Waals surface area (Å²) in [6.45, 7) is 7.78. The molecule has 0 amide bonds. The van der Waals surface area contributed by atoms with Crippen molar-refractivity contribution in [3.63, 3.8) is 0 Å². The molecule has 3 heteroatoms. The first kappa shape index (κ1) is 12.6. The summed E-state index contributed by atoms with van der Waals surface area (Å²) in [4.78, 5) is 11.7. The second-order valence-corrected chi connectivity index (χ2v) is 4.46.